The average molecular weight is 336 g/mol. The molecule has 6 nitrogen and oxygen atoms in total. The highest BCUT2D eigenvalue weighted by Crippen LogP contribution is 2.44. The molecule has 1 fully saturated rings. The van der Waals surface area contributed by atoms with Crippen molar-refractivity contribution < 1.29 is 9.21 Å². The minimum atomic E-state index is 0.154. The fourth-order valence-corrected chi connectivity index (χ4v) is 4.35. The van der Waals surface area contributed by atoms with Gasteiger partial charge in [0.15, 0.2) is 11.4 Å². The average Bonchev–Trinajstić information content (AvgIpc) is 3.32. The van der Waals surface area contributed by atoms with Crippen LogP contribution < -0.4 is 0 Å². The van der Waals surface area contributed by atoms with Crippen molar-refractivity contribution in [2.24, 2.45) is 0 Å². The Labute approximate surface area is 145 Å². The van der Waals surface area contributed by atoms with Gasteiger partial charge in [-0.15, -0.1) is 0 Å². The first-order valence-corrected chi connectivity index (χ1v) is 8.99. The van der Waals surface area contributed by atoms with Crippen molar-refractivity contribution >= 4 is 11.6 Å². The predicted octanol–water partition coefficient (Wildman–Crippen LogP) is 3.38. The van der Waals surface area contributed by atoms with Crippen LogP contribution >= 0.6 is 0 Å². The maximum atomic E-state index is 12.6. The van der Waals surface area contributed by atoms with Crippen LogP contribution in [0.2, 0.25) is 0 Å². The third kappa shape index (κ3) is 2.13. The number of amides is 1. The zero-order chi connectivity index (χ0) is 17.0. The smallest absolute Gasteiger partial charge is 0.223 e. The van der Waals surface area contributed by atoms with Crippen molar-refractivity contribution in [1.29, 1.82) is 0 Å². The summed E-state index contributed by atoms with van der Waals surface area (Å²) in [5.74, 6) is 1.02. The van der Waals surface area contributed by atoms with Gasteiger partial charge in [-0.2, -0.15) is 5.10 Å². The topological polar surface area (TPSA) is 63.6 Å². The van der Waals surface area contributed by atoms with Crippen LogP contribution in [0.4, 0.5) is 0 Å². The van der Waals surface area contributed by atoms with E-state index in [1.807, 2.05) is 28.9 Å². The molecule has 0 unspecified atom stereocenters. The van der Waals surface area contributed by atoms with Crippen molar-refractivity contribution in [3.8, 4) is 11.5 Å². The number of carbonyl (C=O) groups excluding carboxylic acids is 1. The second kappa shape index (κ2) is 5.44. The van der Waals surface area contributed by atoms with Crippen molar-refractivity contribution in [2.75, 3.05) is 0 Å². The SMILES string of the molecule is CCCC(=O)N1[C@@H]2CC[C@H]1c1cnc3cc(-c4ccco4)nn3c1C2. The molecule has 3 aromatic heterocycles. The molecule has 1 amide bonds. The molecule has 0 aliphatic carbocycles. The highest BCUT2D eigenvalue weighted by molar-refractivity contribution is 5.78. The number of rotatable bonds is 3. The van der Waals surface area contributed by atoms with E-state index in [9.17, 15) is 4.79 Å². The third-order valence-corrected chi connectivity index (χ3v) is 5.43. The zero-order valence-electron chi connectivity index (χ0n) is 14.2. The molecule has 0 aromatic carbocycles. The van der Waals surface area contributed by atoms with E-state index in [1.54, 1.807) is 6.26 Å². The number of carbonyl (C=O) groups is 1. The highest BCUT2D eigenvalue weighted by Gasteiger charge is 2.43. The van der Waals surface area contributed by atoms with Gasteiger partial charge in [-0.25, -0.2) is 9.50 Å². The Morgan fingerprint density at radius 2 is 2.32 bits per heavy atom. The molecule has 128 valence electrons. The first kappa shape index (κ1) is 14.7. The quantitative estimate of drug-likeness (QED) is 0.735. The van der Waals surface area contributed by atoms with E-state index in [0.29, 0.717) is 12.5 Å². The van der Waals surface area contributed by atoms with Gasteiger partial charge in [0.05, 0.1) is 18.0 Å². The predicted molar refractivity (Wildman–Crippen MR) is 91.9 cm³/mol. The van der Waals surface area contributed by atoms with E-state index in [1.165, 1.54) is 5.69 Å². The summed E-state index contributed by atoms with van der Waals surface area (Å²) in [6.45, 7) is 2.06. The fourth-order valence-electron chi connectivity index (χ4n) is 4.35. The van der Waals surface area contributed by atoms with E-state index in [0.717, 1.165) is 48.3 Å². The fraction of sp³-hybridized carbons (Fsp3) is 0.421. The summed E-state index contributed by atoms with van der Waals surface area (Å²) < 4.78 is 7.41. The van der Waals surface area contributed by atoms with Gasteiger partial charge in [0, 0.05) is 36.7 Å². The maximum absolute atomic E-state index is 12.6. The minimum Gasteiger partial charge on any atom is -0.463 e. The van der Waals surface area contributed by atoms with Crippen molar-refractivity contribution in [3.05, 3.63) is 41.9 Å². The molecule has 5 rings (SSSR count). The molecule has 0 saturated carbocycles. The Balaban J connectivity index is 1.60. The molecule has 3 aromatic rings. The van der Waals surface area contributed by atoms with Crippen LogP contribution in [0.5, 0.6) is 0 Å². The van der Waals surface area contributed by atoms with Crippen molar-refractivity contribution in [3.63, 3.8) is 0 Å². The second-order valence-corrected chi connectivity index (χ2v) is 6.94. The third-order valence-electron chi connectivity index (χ3n) is 5.43. The standard InChI is InChI=1S/C19H20N4O2/c1-2-4-19(24)22-12-6-7-15(22)13-11-20-18-10-14(17-5-3-8-25-17)21-23(18)16(13)9-12/h3,5,8,10-12,15H,2,4,6-7,9H2,1H3/t12-,15+/m1/s1. The summed E-state index contributed by atoms with van der Waals surface area (Å²) in [7, 11) is 0. The zero-order valence-corrected chi connectivity index (χ0v) is 14.2. The Kier molecular flexibility index (Phi) is 3.20. The largest absolute Gasteiger partial charge is 0.463 e. The molecule has 0 N–H and O–H groups in total. The van der Waals surface area contributed by atoms with Gasteiger partial charge in [-0.05, 0) is 31.4 Å². The van der Waals surface area contributed by atoms with Crippen LogP contribution in [-0.4, -0.2) is 31.4 Å². The van der Waals surface area contributed by atoms with E-state index in [2.05, 4.69) is 16.8 Å². The van der Waals surface area contributed by atoms with E-state index in [-0.39, 0.29) is 11.9 Å². The number of hydrogen-bond acceptors (Lipinski definition) is 4. The van der Waals surface area contributed by atoms with Gasteiger partial charge in [0.2, 0.25) is 5.91 Å². The summed E-state index contributed by atoms with van der Waals surface area (Å²) in [6, 6.07) is 6.16. The Morgan fingerprint density at radius 1 is 1.40 bits per heavy atom. The minimum absolute atomic E-state index is 0.154. The number of furan rings is 1. The van der Waals surface area contributed by atoms with Gasteiger partial charge < -0.3 is 9.32 Å². The van der Waals surface area contributed by atoms with Gasteiger partial charge in [0.25, 0.3) is 0 Å². The van der Waals surface area contributed by atoms with Crippen LogP contribution in [0.15, 0.2) is 35.1 Å². The molecular formula is C19H20N4O2. The molecule has 0 radical (unpaired) electrons. The van der Waals surface area contributed by atoms with Crippen LogP contribution in [-0.2, 0) is 11.2 Å². The second-order valence-electron chi connectivity index (χ2n) is 6.94. The monoisotopic (exact) mass is 336 g/mol. The van der Waals surface area contributed by atoms with Gasteiger partial charge in [-0.1, -0.05) is 6.92 Å². The summed E-state index contributed by atoms with van der Waals surface area (Å²) in [5.41, 5.74) is 3.97. The summed E-state index contributed by atoms with van der Waals surface area (Å²) in [5, 5.41) is 4.73. The van der Waals surface area contributed by atoms with Gasteiger partial charge in [0.1, 0.15) is 5.69 Å². The van der Waals surface area contributed by atoms with Gasteiger partial charge in [-0.3, -0.25) is 4.79 Å². The lowest BCUT2D eigenvalue weighted by atomic mass is 9.98. The van der Waals surface area contributed by atoms with Crippen molar-refractivity contribution in [2.45, 2.75) is 51.1 Å². The molecule has 25 heavy (non-hydrogen) atoms. The number of nitrogens with zero attached hydrogens (tertiary/aromatic N) is 4. The number of fused-ring (bicyclic) bond motifs is 6. The molecule has 2 aliphatic rings. The molecule has 2 bridgehead atoms. The highest BCUT2D eigenvalue weighted by atomic mass is 16.3. The van der Waals surface area contributed by atoms with E-state index >= 15 is 0 Å². The number of hydrogen-bond donors (Lipinski definition) is 0. The molecular weight excluding hydrogens is 316 g/mol. The normalized spacial score (nSPS) is 21.7. The maximum Gasteiger partial charge on any atom is 0.223 e. The molecule has 5 heterocycles. The molecule has 1 saturated heterocycles. The molecule has 0 spiro atoms. The van der Waals surface area contributed by atoms with E-state index < -0.39 is 0 Å². The lowest BCUT2D eigenvalue weighted by molar-refractivity contribution is -0.134. The lowest BCUT2D eigenvalue weighted by Gasteiger charge is -2.36. The lowest BCUT2D eigenvalue weighted by Crippen LogP contribution is -2.42. The van der Waals surface area contributed by atoms with Crippen LogP contribution in [0.25, 0.3) is 17.1 Å². The van der Waals surface area contributed by atoms with Crippen LogP contribution in [0, 0.1) is 0 Å². The summed E-state index contributed by atoms with van der Waals surface area (Å²) >= 11 is 0. The Bertz CT molecular complexity index is 944. The molecule has 2 aliphatic heterocycles. The number of aromatic nitrogens is 3. The molecule has 6 heteroatoms. The van der Waals surface area contributed by atoms with Gasteiger partial charge >= 0.3 is 0 Å². The van der Waals surface area contributed by atoms with Crippen LogP contribution in [0.3, 0.4) is 0 Å². The summed E-state index contributed by atoms with van der Waals surface area (Å²) in [6.07, 6.45) is 8.04. The first-order valence-electron chi connectivity index (χ1n) is 8.99. The van der Waals surface area contributed by atoms with E-state index in [4.69, 9.17) is 9.52 Å². The van der Waals surface area contributed by atoms with Crippen molar-refractivity contribution in [1.82, 2.24) is 19.5 Å². The Hall–Kier alpha value is -2.63. The van der Waals surface area contributed by atoms with Crippen LogP contribution in [0.1, 0.15) is 49.9 Å². The first-order chi connectivity index (χ1) is 12.3. The Morgan fingerprint density at radius 3 is 3.12 bits per heavy atom. The summed E-state index contributed by atoms with van der Waals surface area (Å²) in [4.78, 5) is 19.3. The molecule has 2 atom stereocenters.